The molecule has 5 nitrogen and oxygen atoms in total. The zero-order chi connectivity index (χ0) is 16.0. The van der Waals surface area contributed by atoms with Gasteiger partial charge in [-0.2, -0.15) is 0 Å². The molecule has 0 aromatic heterocycles. The lowest BCUT2D eigenvalue weighted by Crippen LogP contribution is -2.26. The van der Waals surface area contributed by atoms with Crippen molar-refractivity contribution in [2.45, 2.75) is 11.8 Å². The molecule has 0 amide bonds. The number of hydrogen-bond donors (Lipinski definition) is 1. The number of nitrogens with zero attached hydrogens (tertiary/aromatic N) is 1. The van der Waals surface area contributed by atoms with Gasteiger partial charge in [0.05, 0.1) is 11.1 Å². The normalized spacial score (nSPS) is 11.7. The number of nitrogens with one attached hydrogen (secondary N) is 1. The second-order valence-corrected chi connectivity index (χ2v) is 6.35. The summed E-state index contributed by atoms with van der Waals surface area (Å²) in [6.45, 7) is 1.88. The molecule has 1 N–H and O–H groups in total. The Morgan fingerprint density at radius 1 is 1.14 bits per heavy atom. The first kappa shape index (κ1) is 16.2. The SMILES string of the molecule is CON=CCNS(=O)(=O)c1cccc(-c2ccccc2)c1C. The van der Waals surface area contributed by atoms with Crippen LogP contribution in [0.2, 0.25) is 0 Å². The lowest BCUT2D eigenvalue weighted by Gasteiger charge is -2.12. The van der Waals surface area contributed by atoms with E-state index in [9.17, 15) is 8.42 Å². The Morgan fingerprint density at radius 2 is 1.86 bits per heavy atom. The van der Waals surface area contributed by atoms with E-state index < -0.39 is 10.0 Å². The zero-order valence-electron chi connectivity index (χ0n) is 12.5. The minimum atomic E-state index is -3.60. The van der Waals surface area contributed by atoms with Crippen molar-refractivity contribution in [2.75, 3.05) is 13.7 Å². The molecule has 0 spiro atoms. The number of rotatable bonds is 6. The fraction of sp³-hybridized carbons (Fsp3) is 0.188. The summed E-state index contributed by atoms with van der Waals surface area (Å²) < 4.78 is 27.2. The Labute approximate surface area is 130 Å². The van der Waals surface area contributed by atoms with Crippen LogP contribution in [0.4, 0.5) is 0 Å². The molecule has 0 unspecified atom stereocenters. The van der Waals surface area contributed by atoms with Crippen molar-refractivity contribution in [2.24, 2.45) is 5.16 Å². The third kappa shape index (κ3) is 3.72. The molecule has 0 aliphatic heterocycles. The Balaban J connectivity index is 2.35. The van der Waals surface area contributed by atoms with E-state index in [0.29, 0.717) is 5.56 Å². The van der Waals surface area contributed by atoms with Crippen LogP contribution in [-0.2, 0) is 14.9 Å². The lowest BCUT2D eigenvalue weighted by molar-refractivity contribution is 0.215. The van der Waals surface area contributed by atoms with Gasteiger partial charge in [0.1, 0.15) is 7.11 Å². The third-order valence-corrected chi connectivity index (χ3v) is 4.77. The molecule has 22 heavy (non-hydrogen) atoms. The van der Waals surface area contributed by atoms with Crippen LogP contribution in [-0.4, -0.2) is 28.3 Å². The van der Waals surface area contributed by atoms with Crippen LogP contribution in [0.3, 0.4) is 0 Å². The summed E-state index contributed by atoms with van der Waals surface area (Å²) >= 11 is 0. The standard InChI is InChI=1S/C16H18N2O3S/c1-13-15(14-7-4-3-5-8-14)9-6-10-16(13)22(19,20)18-12-11-17-21-2/h3-11,18H,12H2,1-2H3. The highest BCUT2D eigenvalue weighted by atomic mass is 32.2. The van der Waals surface area contributed by atoms with E-state index >= 15 is 0 Å². The molecule has 0 heterocycles. The highest BCUT2D eigenvalue weighted by Gasteiger charge is 2.18. The molecule has 0 aliphatic rings. The van der Waals surface area contributed by atoms with E-state index in [0.717, 1.165) is 11.1 Å². The summed E-state index contributed by atoms with van der Waals surface area (Å²) in [5.74, 6) is 0. The van der Waals surface area contributed by atoms with Crippen LogP contribution >= 0.6 is 0 Å². The summed E-state index contributed by atoms with van der Waals surface area (Å²) in [5.41, 5.74) is 2.59. The number of benzene rings is 2. The van der Waals surface area contributed by atoms with Gasteiger partial charge in [0.15, 0.2) is 0 Å². The maximum Gasteiger partial charge on any atom is 0.241 e. The fourth-order valence-corrected chi connectivity index (χ4v) is 3.39. The highest BCUT2D eigenvalue weighted by Crippen LogP contribution is 2.27. The molecule has 0 saturated carbocycles. The topological polar surface area (TPSA) is 67.8 Å². The second-order valence-electron chi connectivity index (χ2n) is 4.62. The number of oxime groups is 1. The predicted molar refractivity (Wildman–Crippen MR) is 87.3 cm³/mol. The fourth-order valence-electron chi connectivity index (χ4n) is 2.17. The molecule has 2 aromatic carbocycles. The Morgan fingerprint density at radius 3 is 2.55 bits per heavy atom. The largest absolute Gasteiger partial charge is 0.399 e. The van der Waals surface area contributed by atoms with Gasteiger partial charge in [-0.15, -0.1) is 0 Å². The van der Waals surface area contributed by atoms with Gasteiger partial charge in [0, 0.05) is 6.54 Å². The lowest BCUT2D eigenvalue weighted by atomic mass is 10.0. The van der Waals surface area contributed by atoms with E-state index in [4.69, 9.17) is 0 Å². The van der Waals surface area contributed by atoms with Gasteiger partial charge in [-0.05, 0) is 29.7 Å². The molecule has 0 bridgehead atoms. The Hall–Kier alpha value is -2.18. The van der Waals surface area contributed by atoms with Crippen LogP contribution < -0.4 is 4.72 Å². The van der Waals surface area contributed by atoms with Gasteiger partial charge in [-0.1, -0.05) is 47.6 Å². The minimum Gasteiger partial charge on any atom is -0.399 e. The van der Waals surface area contributed by atoms with Crippen LogP contribution in [0.15, 0.2) is 58.6 Å². The summed E-state index contributed by atoms with van der Waals surface area (Å²) in [6.07, 6.45) is 1.36. The second kappa shape index (κ2) is 7.20. The highest BCUT2D eigenvalue weighted by molar-refractivity contribution is 7.89. The van der Waals surface area contributed by atoms with Crippen molar-refractivity contribution >= 4 is 16.2 Å². The summed E-state index contributed by atoms with van der Waals surface area (Å²) in [7, 11) is -2.20. The smallest absolute Gasteiger partial charge is 0.241 e. The van der Waals surface area contributed by atoms with Gasteiger partial charge in [-0.25, -0.2) is 13.1 Å². The van der Waals surface area contributed by atoms with Crippen LogP contribution in [0, 0.1) is 6.92 Å². The first-order valence-corrected chi connectivity index (χ1v) is 8.24. The van der Waals surface area contributed by atoms with Gasteiger partial charge in [0.25, 0.3) is 0 Å². The number of hydrogen-bond acceptors (Lipinski definition) is 4. The summed E-state index contributed by atoms with van der Waals surface area (Å²) in [6, 6.07) is 14.9. The molecule has 2 rings (SSSR count). The van der Waals surface area contributed by atoms with E-state index in [1.165, 1.54) is 13.3 Å². The van der Waals surface area contributed by atoms with Gasteiger partial charge < -0.3 is 4.84 Å². The van der Waals surface area contributed by atoms with Crippen LogP contribution in [0.1, 0.15) is 5.56 Å². The van der Waals surface area contributed by atoms with Gasteiger partial charge >= 0.3 is 0 Å². The Bertz CT molecular complexity index is 756. The Kier molecular flexibility index (Phi) is 5.30. The van der Waals surface area contributed by atoms with Crippen molar-refractivity contribution in [3.63, 3.8) is 0 Å². The van der Waals surface area contributed by atoms with Crippen molar-refractivity contribution in [3.8, 4) is 11.1 Å². The molecule has 0 radical (unpaired) electrons. The van der Waals surface area contributed by atoms with Crippen LogP contribution in [0.5, 0.6) is 0 Å². The van der Waals surface area contributed by atoms with Gasteiger partial charge in [0.2, 0.25) is 10.0 Å². The van der Waals surface area contributed by atoms with Crippen molar-refractivity contribution in [3.05, 3.63) is 54.1 Å². The van der Waals surface area contributed by atoms with E-state index in [2.05, 4.69) is 14.7 Å². The van der Waals surface area contributed by atoms with Gasteiger partial charge in [-0.3, -0.25) is 0 Å². The minimum absolute atomic E-state index is 0.0746. The molecule has 0 atom stereocenters. The summed E-state index contributed by atoms with van der Waals surface area (Å²) in [4.78, 5) is 4.76. The molecule has 0 saturated heterocycles. The average Bonchev–Trinajstić information content (AvgIpc) is 2.52. The predicted octanol–water partition coefficient (Wildman–Crippen LogP) is 2.57. The quantitative estimate of drug-likeness (QED) is 0.657. The third-order valence-electron chi connectivity index (χ3n) is 3.20. The zero-order valence-corrected chi connectivity index (χ0v) is 13.3. The van der Waals surface area contributed by atoms with E-state index in [1.54, 1.807) is 19.1 Å². The average molecular weight is 318 g/mol. The van der Waals surface area contributed by atoms with Crippen molar-refractivity contribution in [1.29, 1.82) is 0 Å². The molecule has 6 heteroatoms. The van der Waals surface area contributed by atoms with Crippen LogP contribution in [0.25, 0.3) is 11.1 Å². The summed E-state index contributed by atoms with van der Waals surface area (Å²) in [5, 5.41) is 3.50. The van der Waals surface area contributed by atoms with E-state index in [-0.39, 0.29) is 11.4 Å². The maximum atomic E-state index is 12.4. The molecular weight excluding hydrogens is 300 g/mol. The molecular formula is C16H18N2O3S. The molecule has 2 aromatic rings. The van der Waals surface area contributed by atoms with Crippen molar-refractivity contribution in [1.82, 2.24) is 4.72 Å². The van der Waals surface area contributed by atoms with Crippen molar-refractivity contribution < 1.29 is 13.3 Å². The maximum absolute atomic E-state index is 12.4. The first-order valence-electron chi connectivity index (χ1n) is 6.76. The monoisotopic (exact) mass is 318 g/mol. The number of sulfonamides is 1. The molecule has 0 fully saturated rings. The first-order chi connectivity index (χ1) is 10.6. The molecule has 0 aliphatic carbocycles. The molecule has 116 valence electrons. The van der Waals surface area contributed by atoms with E-state index in [1.807, 2.05) is 36.4 Å².